The Labute approximate surface area is 81.7 Å². The Hall–Kier alpha value is -0.990. The van der Waals surface area contributed by atoms with Crippen LogP contribution in [0.4, 0.5) is 0 Å². The van der Waals surface area contributed by atoms with Gasteiger partial charge >= 0.3 is 0 Å². The Balaban J connectivity index is 2.48. The Morgan fingerprint density at radius 2 is 2.29 bits per heavy atom. The second-order valence-electron chi connectivity index (χ2n) is 2.66. The third-order valence-corrected chi connectivity index (χ3v) is 2.76. The van der Waals surface area contributed by atoms with Crippen LogP contribution >= 0.6 is 0 Å². The zero-order valence-electron chi connectivity index (χ0n) is 7.73. The summed E-state index contributed by atoms with van der Waals surface area (Å²) in [6.45, 7) is 1.74. The van der Waals surface area contributed by atoms with E-state index >= 15 is 0 Å². The summed E-state index contributed by atoms with van der Waals surface area (Å²) in [5.41, 5.74) is 5.12. The molecule has 0 saturated carbocycles. The molecule has 1 aromatic rings. The summed E-state index contributed by atoms with van der Waals surface area (Å²) >= 11 is 0. The van der Waals surface area contributed by atoms with Crippen molar-refractivity contribution >= 4 is 10.0 Å². The molecular weight excluding hydrogens is 208 g/mol. The van der Waals surface area contributed by atoms with E-state index in [1.807, 2.05) is 0 Å². The monoisotopic (exact) mass is 220 g/mol. The summed E-state index contributed by atoms with van der Waals surface area (Å²) in [5, 5.41) is 3.52. The van der Waals surface area contributed by atoms with E-state index in [4.69, 9.17) is 10.3 Å². The molecule has 0 aliphatic carbocycles. The van der Waals surface area contributed by atoms with Crippen LogP contribution in [0.2, 0.25) is 0 Å². The lowest BCUT2D eigenvalue weighted by Crippen LogP contribution is -2.29. The van der Waals surface area contributed by atoms with Gasteiger partial charge < -0.3 is 10.3 Å². The van der Waals surface area contributed by atoms with Crippen molar-refractivity contribution in [3.63, 3.8) is 0 Å². The molecule has 0 spiro atoms. The van der Waals surface area contributed by atoms with Gasteiger partial charge in [0, 0.05) is 6.54 Å². The fraction of sp³-hybridized carbons (Fsp3) is 0.667. The maximum atomic E-state index is 11.1. The van der Waals surface area contributed by atoms with Crippen LogP contribution in [-0.4, -0.2) is 30.9 Å². The van der Waals surface area contributed by atoms with E-state index in [1.165, 1.54) is 0 Å². The minimum Gasteiger partial charge on any atom is -0.338 e. The lowest BCUT2D eigenvalue weighted by Gasteiger charge is -2.01. The van der Waals surface area contributed by atoms with Crippen molar-refractivity contribution in [2.45, 2.75) is 13.5 Å². The first-order chi connectivity index (χ1) is 6.53. The Morgan fingerprint density at radius 3 is 2.79 bits per heavy atom. The molecular formula is C6H12N4O3S. The fourth-order valence-corrected chi connectivity index (χ4v) is 1.61. The highest BCUT2D eigenvalue weighted by atomic mass is 32.2. The molecule has 0 amide bonds. The van der Waals surface area contributed by atoms with E-state index in [0.29, 0.717) is 5.82 Å². The SMILES string of the molecule is Cc1noc(CNS(=O)(=O)CCN)n1. The normalized spacial score (nSPS) is 11.9. The number of hydrogen-bond acceptors (Lipinski definition) is 6. The summed E-state index contributed by atoms with van der Waals surface area (Å²) < 4.78 is 29.3. The standard InChI is InChI=1S/C6H12N4O3S/c1-5-9-6(13-10-5)4-8-14(11,12)3-2-7/h8H,2-4,7H2,1H3. The molecule has 80 valence electrons. The van der Waals surface area contributed by atoms with Crippen LogP contribution in [0.1, 0.15) is 11.7 Å². The number of hydrogen-bond donors (Lipinski definition) is 2. The molecule has 0 unspecified atom stereocenters. The molecule has 0 aliphatic heterocycles. The Kier molecular flexibility index (Phi) is 3.55. The first kappa shape index (κ1) is 11.1. The largest absolute Gasteiger partial charge is 0.338 e. The van der Waals surface area contributed by atoms with E-state index in [1.54, 1.807) is 6.92 Å². The highest BCUT2D eigenvalue weighted by Gasteiger charge is 2.10. The number of aryl methyl sites for hydroxylation is 1. The van der Waals surface area contributed by atoms with E-state index < -0.39 is 10.0 Å². The molecule has 0 fully saturated rings. The summed E-state index contributed by atoms with van der Waals surface area (Å²) in [4.78, 5) is 3.84. The number of nitrogens with two attached hydrogens (primary N) is 1. The maximum absolute atomic E-state index is 11.1. The van der Waals surface area contributed by atoms with Crippen LogP contribution in [-0.2, 0) is 16.6 Å². The molecule has 0 aromatic carbocycles. The van der Waals surface area contributed by atoms with Crippen molar-refractivity contribution in [3.8, 4) is 0 Å². The van der Waals surface area contributed by atoms with Crippen molar-refractivity contribution < 1.29 is 12.9 Å². The predicted molar refractivity (Wildman–Crippen MR) is 48.7 cm³/mol. The summed E-state index contributed by atoms with van der Waals surface area (Å²) in [6.07, 6.45) is 0. The molecule has 1 rings (SSSR count). The van der Waals surface area contributed by atoms with Crippen molar-refractivity contribution in [2.75, 3.05) is 12.3 Å². The topological polar surface area (TPSA) is 111 Å². The van der Waals surface area contributed by atoms with Gasteiger partial charge in [-0.3, -0.25) is 0 Å². The number of nitrogens with zero attached hydrogens (tertiary/aromatic N) is 2. The lowest BCUT2D eigenvalue weighted by molar-refractivity contribution is 0.372. The van der Waals surface area contributed by atoms with E-state index in [2.05, 4.69) is 14.9 Å². The van der Waals surface area contributed by atoms with Gasteiger partial charge in [0.05, 0.1) is 12.3 Å². The van der Waals surface area contributed by atoms with Gasteiger partial charge in [-0.15, -0.1) is 0 Å². The van der Waals surface area contributed by atoms with E-state index in [0.717, 1.165) is 0 Å². The van der Waals surface area contributed by atoms with Gasteiger partial charge in [0.1, 0.15) is 0 Å². The molecule has 1 aromatic heterocycles. The number of nitrogens with one attached hydrogen (secondary N) is 1. The quantitative estimate of drug-likeness (QED) is 0.641. The van der Waals surface area contributed by atoms with Gasteiger partial charge in [-0.25, -0.2) is 13.1 Å². The summed E-state index contributed by atoms with van der Waals surface area (Å²) in [7, 11) is -3.32. The molecule has 8 heteroatoms. The second kappa shape index (κ2) is 4.49. The third kappa shape index (κ3) is 3.40. The van der Waals surface area contributed by atoms with Crippen LogP contribution < -0.4 is 10.5 Å². The van der Waals surface area contributed by atoms with E-state index in [9.17, 15) is 8.42 Å². The van der Waals surface area contributed by atoms with Crippen LogP contribution in [0.15, 0.2) is 4.52 Å². The molecule has 1 heterocycles. The number of rotatable bonds is 5. The van der Waals surface area contributed by atoms with Gasteiger partial charge in [-0.2, -0.15) is 4.98 Å². The molecule has 0 aliphatic rings. The molecule has 3 N–H and O–H groups in total. The van der Waals surface area contributed by atoms with Gasteiger partial charge in [-0.1, -0.05) is 5.16 Å². The number of aromatic nitrogens is 2. The smallest absolute Gasteiger partial charge is 0.241 e. The summed E-state index contributed by atoms with van der Waals surface area (Å²) in [6, 6.07) is 0. The van der Waals surface area contributed by atoms with Crippen LogP contribution in [0.3, 0.4) is 0 Å². The van der Waals surface area contributed by atoms with Crippen molar-refractivity contribution in [2.24, 2.45) is 5.73 Å². The average molecular weight is 220 g/mol. The van der Waals surface area contributed by atoms with Gasteiger partial charge in [-0.05, 0) is 6.92 Å². The lowest BCUT2D eigenvalue weighted by atomic mass is 10.6. The highest BCUT2D eigenvalue weighted by Crippen LogP contribution is 1.95. The second-order valence-corrected chi connectivity index (χ2v) is 4.59. The van der Waals surface area contributed by atoms with Crippen molar-refractivity contribution in [3.05, 3.63) is 11.7 Å². The summed E-state index contributed by atoms with van der Waals surface area (Å²) in [5.74, 6) is 0.598. The number of sulfonamides is 1. The van der Waals surface area contributed by atoms with E-state index in [-0.39, 0.29) is 24.7 Å². The first-order valence-corrected chi connectivity index (χ1v) is 5.65. The first-order valence-electron chi connectivity index (χ1n) is 4.00. The minimum atomic E-state index is -3.32. The van der Waals surface area contributed by atoms with Gasteiger partial charge in [0.15, 0.2) is 5.82 Å². The Morgan fingerprint density at radius 1 is 1.57 bits per heavy atom. The molecule has 0 bridgehead atoms. The molecule has 0 radical (unpaired) electrons. The highest BCUT2D eigenvalue weighted by molar-refractivity contribution is 7.89. The van der Waals surface area contributed by atoms with Crippen molar-refractivity contribution in [1.82, 2.24) is 14.9 Å². The zero-order chi connectivity index (χ0) is 10.6. The van der Waals surface area contributed by atoms with Gasteiger partial charge in [0.2, 0.25) is 15.9 Å². The van der Waals surface area contributed by atoms with Crippen LogP contribution in [0, 0.1) is 6.92 Å². The zero-order valence-corrected chi connectivity index (χ0v) is 8.54. The third-order valence-electron chi connectivity index (χ3n) is 1.40. The molecule has 7 nitrogen and oxygen atoms in total. The molecule has 0 atom stereocenters. The fourth-order valence-electron chi connectivity index (χ4n) is 0.811. The van der Waals surface area contributed by atoms with Crippen molar-refractivity contribution in [1.29, 1.82) is 0 Å². The minimum absolute atomic E-state index is 0.00315. The molecule has 14 heavy (non-hydrogen) atoms. The Bertz CT molecular complexity index is 386. The van der Waals surface area contributed by atoms with Crippen LogP contribution in [0.25, 0.3) is 0 Å². The van der Waals surface area contributed by atoms with Crippen LogP contribution in [0.5, 0.6) is 0 Å². The average Bonchev–Trinajstić information content (AvgIpc) is 2.48. The molecule has 0 saturated heterocycles. The predicted octanol–water partition coefficient (Wildman–Crippen LogP) is -1.24. The maximum Gasteiger partial charge on any atom is 0.241 e. The van der Waals surface area contributed by atoms with Gasteiger partial charge in [0.25, 0.3) is 0 Å².